The maximum atomic E-state index is 16.1. The van der Waals surface area contributed by atoms with Crippen molar-refractivity contribution in [3.63, 3.8) is 0 Å². The number of aromatic amines is 1. The molecule has 1 aliphatic rings. The Labute approximate surface area is 194 Å². The number of hydrogen-bond donors (Lipinski definition) is 2. The van der Waals surface area contributed by atoms with Gasteiger partial charge in [-0.15, -0.1) is 0 Å². The number of halogens is 2. The zero-order valence-electron chi connectivity index (χ0n) is 19.1. The molecule has 0 amide bonds. The van der Waals surface area contributed by atoms with Gasteiger partial charge in [-0.05, 0) is 42.3 Å². The van der Waals surface area contributed by atoms with E-state index in [0.717, 1.165) is 5.69 Å². The summed E-state index contributed by atoms with van der Waals surface area (Å²) in [5.41, 5.74) is 2.37. The summed E-state index contributed by atoms with van der Waals surface area (Å²) in [5.74, 6) is -2.24. The van der Waals surface area contributed by atoms with Crippen LogP contribution in [-0.4, -0.2) is 52.3 Å². The molecule has 4 aromatic rings. The Kier molecular flexibility index (Phi) is 5.41. The van der Waals surface area contributed by atoms with Crippen molar-refractivity contribution < 1.29 is 28.2 Å². The maximum absolute atomic E-state index is 16.1. The van der Waals surface area contributed by atoms with E-state index in [-0.39, 0.29) is 30.3 Å². The van der Waals surface area contributed by atoms with Crippen LogP contribution in [0, 0.1) is 11.6 Å². The minimum atomic E-state index is -1.04. The first-order chi connectivity index (χ1) is 16.2. The van der Waals surface area contributed by atoms with Crippen molar-refractivity contribution in [2.24, 2.45) is 0 Å². The lowest BCUT2D eigenvalue weighted by Gasteiger charge is -2.29. The van der Waals surface area contributed by atoms with Gasteiger partial charge < -0.3 is 19.1 Å². The van der Waals surface area contributed by atoms with Crippen LogP contribution in [0.4, 0.5) is 8.78 Å². The van der Waals surface area contributed by atoms with Gasteiger partial charge in [0.15, 0.2) is 11.9 Å². The number of nitrogens with one attached hydrogen (secondary N) is 1. The summed E-state index contributed by atoms with van der Waals surface area (Å²) in [7, 11) is 1.60. The van der Waals surface area contributed by atoms with Crippen molar-refractivity contribution in [1.29, 1.82) is 0 Å². The van der Waals surface area contributed by atoms with E-state index in [9.17, 15) is 14.3 Å². The molecular weight excluding hydrogens is 444 g/mol. The van der Waals surface area contributed by atoms with Gasteiger partial charge in [0.1, 0.15) is 11.3 Å². The zero-order chi connectivity index (χ0) is 24.2. The number of methoxy groups -OCH3 is 1. The van der Waals surface area contributed by atoms with Gasteiger partial charge in [0, 0.05) is 40.6 Å². The molecule has 0 spiro atoms. The van der Waals surface area contributed by atoms with Crippen molar-refractivity contribution >= 4 is 27.8 Å². The third-order valence-electron chi connectivity index (χ3n) is 6.56. The van der Waals surface area contributed by atoms with Crippen molar-refractivity contribution in [3.05, 3.63) is 59.4 Å². The number of aromatic nitrogens is 3. The van der Waals surface area contributed by atoms with Crippen LogP contribution in [0.15, 0.2) is 36.5 Å². The van der Waals surface area contributed by atoms with E-state index >= 15 is 4.39 Å². The molecule has 2 N–H and O–H groups in total. The topological polar surface area (TPSA) is 89.4 Å². The van der Waals surface area contributed by atoms with E-state index in [0.29, 0.717) is 34.1 Å². The normalized spacial score (nSPS) is 18.9. The van der Waals surface area contributed by atoms with E-state index in [1.165, 1.54) is 12.1 Å². The van der Waals surface area contributed by atoms with Crippen LogP contribution in [0.1, 0.15) is 37.4 Å². The fourth-order valence-electron chi connectivity index (χ4n) is 5.18. The van der Waals surface area contributed by atoms with E-state index in [2.05, 4.69) is 10.2 Å². The van der Waals surface area contributed by atoms with Crippen molar-refractivity contribution in [2.45, 2.75) is 37.7 Å². The molecule has 178 valence electrons. The molecule has 1 aliphatic heterocycles. The number of nitrogens with zero attached hydrogens (tertiary/aromatic N) is 2. The molecule has 5 rings (SSSR count). The van der Waals surface area contributed by atoms with Gasteiger partial charge in [0.2, 0.25) is 0 Å². The summed E-state index contributed by atoms with van der Waals surface area (Å²) in [6.45, 7) is 4.46. The SMILES string of the molecule is COCC(C)(C)c1c([C@H]2CO[C@H](C(=O)O)C2)c2c(F)c3[nH]ncc3cc2n1-c1ccc(F)cc1. The van der Waals surface area contributed by atoms with Crippen molar-refractivity contribution in [1.82, 2.24) is 14.8 Å². The van der Waals surface area contributed by atoms with Gasteiger partial charge in [-0.25, -0.2) is 13.6 Å². The standard InChI is InChI=1S/C25H25F2N3O4/c1-25(2,12-33-3)23-19(14-9-18(24(31)32)34-11-14)20-17(8-13-10-28-29-22(13)21(20)27)30(23)16-6-4-15(26)5-7-16/h4-8,10,14,18H,9,11-12H2,1-3H3,(H,28,29)(H,31,32)/t14-,18+/m1/s1. The van der Waals surface area contributed by atoms with E-state index in [1.807, 2.05) is 24.5 Å². The van der Waals surface area contributed by atoms with Crippen LogP contribution in [0.2, 0.25) is 0 Å². The number of H-pyrrole nitrogens is 1. The molecular formula is C25H25F2N3O4. The Morgan fingerprint density at radius 2 is 2.06 bits per heavy atom. The molecule has 0 aliphatic carbocycles. The summed E-state index contributed by atoms with van der Waals surface area (Å²) >= 11 is 0. The van der Waals surface area contributed by atoms with Crippen LogP contribution >= 0.6 is 0 Å². The van der Waals surface area contributed by atoms with Gasteiger partial charge in [0.05, 0.1) is 24.9 Å². The van der Waals surface area contributed by atoms with Crippen LogP contribution < -0.4 is 0 Å². The largest absolute Gasteiger partial charge is 0.479 e. The highest BCUT2D eigenvalue weighted by atomic mass is 19.1. The van der Waals surface area contributed by atoms with E-state index in [4.69, 9.17) is 9.47 Å². The predicted octanol–water partition coefficient (Wildman–Crippen LogP) is 4.67. The third kappa shape index (κ3) is 3.47. The smallest absolute Gasteiger partial charge is 0.332 e. The molecule has 9 heteroatoms. The summed E-state index contributed by atoms with van der Waals surface area (Å²) in [6.07, 6.45) is 0.805. The van der Waals surface area contributed by atoms with Crippen LogP contribution in [-0.2, 0) is 19.7 Å². The molecule has 2 aromatic carbocycles. The quantitative estimate of drug-likeness (QED) is 0.429. The number of fused-ring (bicyclic) bond motifs is 2. The molecule has 0 saturated carbocycles. The van der Waals surface area contributed by atoms with E-state index in [1.54, 1.807) is 25.4 Å². The number of hydrogen-bond acceptors (Lipinski definition) is 4. The minimum Gasteiger partial charge on any atom is -0.479 e. The second-order valence-electron chi connectivity index (χ2n) is 9.40. The zero-order valence-corrected chi connectivity index (χ0v) is 19.1. The number of aliphatic carboxylic acids is 1. The number of carbonyl (C=O) groups is 1. The average molecular weight is 469 g/mol. The van der Waals surface area contributed by atoms with Crippen molar-refractivity contribution in [3.8, 4) is 5.69 Å². The average Bonchev–Trinajstić information content (AvgIpc) is 3.51. The highest BCUT2D eigenvalue weighted by Gasteiger charge is 2.40. The molecule has 34 heavy (non-hydrogen) atoms. The van der Waals surface area contributed by atoms with Crippen LogP contribution in [0.3, 0.4) is 0 Å². The van der Waals surface area contributed by atoms with Gasteiger partial charge in [-0.1, -0.05) is 13.8 Å². The lowest BCUT2D eigenvalue weighted by Crippen LogP contribution is -2.29. The number of carboxylic acid groups (broad SMARTS) is 1. The lowest BCUT2D eigenvalue weighted by atomic mass is 9.82. The van der Waals surface area contributed by atoms with Gasteiger partial charge in [-0.3, -0.25) is 5.10 Å². The number of ether oxygens (including phenoxy) is 2. The Hall–Kier alpha value is -3.30. The highest BCUT2D eigenvalue weighted by Crippen LogP contribution is 2.46. The first-order valence-corrected chi connectivity index (χ1v) is 11.0. The minimum absolute atomic E-state index is 0.149. The Balaban J connectivity index is 1.91. The maximum Gasteiger partial charge on any atom is 0.332 e. The molecule has 1 fully saturated rings. The number of carboxylic acids is 1. The van der Waals surface area contributed by atoms with Crippen molar-refractivity contribution in [2.75, 3.05) is 20.3 Å². The highest BCUT2D eigenvalue weighted by molar-refractivity contribution is 6.00. The molecule has 0 radical (unpaired) electrons. The summed E-state index contributed by atoms with van der Waals surface area (Å²) in [5, 5.41) is 17.2. The second kappa shape index (κ2) is 8.18. The summed E-state index contributed by atoms with van der Waals surface area (Å²) in [4.78, 5) is 11.6. The first-order valence-electron chi connectivity index (χ1n) is 11.0. The second-order valence-corrected chi connectivity index (χ2v) is 9.40. The molecule has 0 bridgehead atoms. The first kappa shape index (κ1) is 22.5. The molecule has 2 atom stereocenters. The molecule has 7 nitrogen and oxygen atoms in total. The van der Waals surface area contributed by atoms with Crippen LogP contribution in [0.5, 0.6) is 0 Å². The summed E-state index contributed by atoms with van der Waals surface area (Å²) in [6, 6.07) is 7.86. The Morgan fingerprint density at radius 1 is 1.32 bits per heavy atom. The van der Waals surface area contributed by atoms with Gasteiger partial charge >= 0.3 is 5.97 Å². The molecule has 2 aromatic heterocycles. The molecule has 0 unspecified atom stereocenters. The molecule has 1 saturated heterocycles. The number of rotatable bonds is 6. The van der Waals surface area contributed by atoms with Crippen LogP contribution in [0.25, 0.3) is 27.5 Å². The lowest BCUT2D eigenvalue weighted by molar-refractivity contribution is -0.147. The van der Waals surface area contributed by atoms with E-state index < -0.39 is 23.3 Å². The fraction of sp³-hybridized carbons (Fsp3) is 0.360. The third-order valence-corrected chi connectivity index (χ3v) is 6.56. The predicted molar refractivity (Wildman–Crippen MR) is 122 cm³/mol. The Bertz CT molecular complexity index is 1390. The van der Waals surface area contributed by atoms with Gasteiger partial charge in [0.25, 0.3) is 0 Å². The summed E-state index contributed by atoms with van der Waals surface area (Å²) < 4.78 is 42.9. The molecule has 3 heterocycles. The Morgan fingerprint density at radius 3 is 2.71 bits per heavy atom. The monoisotopic (exact) mass is 469 g/mol. The number of benzene rings is 2. The fourth-order valence-corrected chi connectivity index (χ4v) is 5.18. The van der Waals surface area contributed by atoms with Gasteiger partial charge in [-0.2, -0.15) is 5.10 Å².